The first-order valence-electron chi connectivity index (χ1n) is 19.3. The number of rotatable bonds is 9. The van der Waals surface area contributed by atoms with Crippen molar-refractivity contribution < 1.29 is 24.5 Å². The highest BCUT2D eigenvalue weighted by molar-refractivity contribution is 5.88. The molecule has 9 nitrogen and oxygen atoms in total. The number of fused-ring (bicyclic) bond motifs is 8. The summed E-state index contributed by atoms with van der Waals surface area (Å²) in [4.78, 5) is 24.3. The van der Waals surface area contributed by atoms with Crippen molar-refractivity contribution in [1.82, 2.24) is 4.90 Å². The van der Waals surface area contributed by atoms with Gasteiger partial charge >= 0.3 is 0 Å². The van der Waals surface area contributed by atoms with Crippen molar-refractivity contribution in [2.24, 2.45) is 27.1 Å². The SMILES string of the molecule is CCCCC[C@@H](O)CC(=O)CCc1ccc2c(c1)O[C@@H]1[C@@H](C#C[C@@H](O)c3ccc4c(c3CC3=C5CN1C=C5N=C3)CC=N[C@@H]4N)C1(C#CO2)CCCC1. The maximum absolute atomic E-state index is 12.8. The molecule has 5 aliphatic heterocycles. The molecular weight excluding hydrogens is 665 g/mol. The second kappa shape index (κ2) is 15.0. The number of aliphatic imine (C=N–C) groups is 2. The van der Waals surface area contributed by atoms with E-state index >= 15 is 0 Å². The summed E-state index contributed by atoms with van der Waals surface area (Å²) in [5, 5.41) is 22.3. The zero-order valence-electron chi connectivity index (χ0n) is 30.4. The average Bonchev–Trinajstić information content (AvgIpc) is 3.89. The lowest BCUT2D eigenvalue weighted by Gasteiger charge is -2.39. The molecule has 0 radical (unpaired) electrons. The van der Waals surface area contributed by atoms with Gasteiger partial charge in [0.25, 0.3) is 0 Å². The van der Waals surface area contributed by atoms with Crippen LogP contribution in [0.1, 0.15) is 111 Å². The molecule has 8 rings (SSSR count). The van der Waals surface area contributed by atoms with E-state index in [0.29, 0.717) is 50.1 Å². The Labute approximate surface area is 312 Å². The standard InChI is InChI=1S/C44H48N4O5/c1-2-3-4-7-30(49)24-31(50)10-8-28-9-15-40-41(22-28)53-43-37(44(19-21-52-40)17-5-6-18-44)13-14-39(51)33-11-12-34-32(16-20-46-42(34)45)35(33)23-29-25-47-38-27-48(43)26-36(29)38/h9,11-12,15,20,22,25,27,30,37,39,42-43,49,51H,2-8,10,16-18,23-24,26,45H2,1H3/t30-,37-,39-,42+,43-/m1/s1. The van der Waals surface area contributed by atoms with E-state index in [2.05, 4.69) is 46.9 Å². The van der Waals surface area contributed by atoms with Crippen LogP contribution in [0.3, 0.4) is 0 Å². The second-order valence-corrected chi connectivity index (χ2v) is 15.4. The van der Waals surface area contributed by atoms with E-state index in [1.165, 1.54) is 0 Å². The molecule has 2 bridgehead atoms. The number of Topliss-reactive ketones (excluding diaryl/α,β-unsaturated/α-hetero) is 1. The second-order valence-electron chi connectivity index (χ2n) is 15.4. The fourth-order valence-corrected chi connectivity index (χ4v) is 8.86. The maximum Gasteiger partial charge on any atom is 0.187 e. The number of nitrogens with zero attached hydrogens (tertiary/aromatic N) is 3. The van der Waals surface area contributed by atoms with Gasteiger partial charge < -0.3 is 30.3 Å². The fourth-order valence-electron chi connectivity index (χ4n) is 8.86. The minimum absolute atomic E-state index is 0.0508. The summed E-state index contributed by atoms with van der Waals surface area (Å²) >= 11 is 0. The number of ketones is 1. The Morgan fingerprint density at radius 2 is 1.96 bits per heavy atom. The predicted octanol–water partition coefficient (Wildman–Crippen LogP) is 6.17. The lowest BCUT2D eigenvalue weighted by atomic mass is 9.73. The zero-order chi connectivity index (χ0) is 36.5. The van der Waals surface area contributed by atoms with Crippen LogP contribution >= 0.6 is 0 Å². The molecule has 4 N–H and O–H groups in total. The minimum Gasteiger partial charge on any atom is -0.465 e. The highest BCUT2D eigenvalue weighted by Crippen LogP contribution is 2.49. The molecule has 9 heteroatoms. The van der Waals surface area contributed by atoms with Gasteiger partial charge in [0.15, 0.2) is 17.7 Å². The summed E-state index contributed by atoms with van der Waals surface area (Å²) < 4.78 is 13.2. The number of aliphatic hydroxyl groups is 2. The zero-order valence-corrected chi connectivity index (χ0v) is 30.4. The number of benzene rings is 2. The quantitative estimate of drug-likeness (QED) is 0.210. The summed E-state index contributed by atoms with van der Waals surface area (Å²) in [5.41, 5.74) is 13.9. The number of allylic oxidation sites excluding steroid dienone is 1. The van der Waals surface area contributed by atoms with Crippen molar-refractivity contribution in [3.05, 3.63) is 81.2 Å². The Hall–Kier alpha value is -4.67. The van der Waals surface area contributed by atoms with E-state index < -0.39 is 35.9 Å². The molecule has 2 aromatic carbocycles. The summed E-state index contributed by atoms with van der Waals surface area (Å²) in [6, 6.07) is 9.72. The summed E-state index contributed by atoms with van der Waals surface area (Å²) in [7, 11) is 0. The van der Waals surface area contributed by atoms with Crippen LogP contribution in [0.4, 0.5) is 0 Å². The predicted molar refractivity (Wildman–Crippen MR) is 204 cm³/mol. The molecule has 0 saturated heterocycles. The number of nitrogens with two attached hydrogens (primary N) is 1. The number of aliphatic hydroxyl groups excluding tert-OH is 2. The van der Waals surface area contributed by atoms with E-state index in [1.54, 1.807) is 0 Å². The van der Waals surface area contributed by atoms with E-state index in [1.807, 2.05) is 42.8 Å². The van der Waals surface area contributed by atoms with Crippen molar-refractivity contribution >= 4 is 18.2 Å². The molecule has 0 aromatic heterocycles. The first kappa shape index (κ1) is 35.4. The van der Waals surface area contributed by atoms with Gasteiger partial charge in [-0.1, -0.05) is 75.0 Å². The molecule has 0 amide bonds. The summed E-state index contributed by atoms with van der Waals surface area (Å²) in [6.07, 6.45) is 16.0. The molecule has 5 heterocycles. The van der Waals surface area contributed by atoms with Crippen LogP contribution in [0.25, 0.3) is 0 Å². The summed E-state index contributed by atoms with van der Waals surface area (Å²) in [5.74, 6) is 11.1. The topological polar surface area (TPSA) is 130 Å². The van der Waals surface area contributed by atoms with Crippen molar-refractivity contribution in [2.75, 3.05) is 6.54 Å². The van der Waals surface area contributed by atoms with Gasteiger partial charge in [-0.3, -0.25) is 14.8 Å². The molecule has 53 heavy (non-hydrogen) atoms. The number of carbonyl (C=O) groups is 1. The van der Waals surface area contributed by atoms with Crippen molar-refractivity contribution in [3.8, 4) is 35.4 Å². The van der Waals surface area contributed by atoms with Gasteiger partial charge in [0, 0.05) is 56.4 Å². The first-order chi connectivity index (χ1) is 25.8. The number of hydrogen-bond acceptors (Lipinski definition) is 9. The van der Waals surface area contributed by atoms with Crippen LogP contribution in [0.2, 0.25) is 0 Å². The molecule has 0 unspecified atom stereocenters. The molecule has 1 fully saturated rings. The lowest BCUT2D eigenvalue weighted by Crippen LogP contribution is -2.47. The van der Waals surface area contributed by atoms with Gasteiger partial charge in [-0.05, 0) is 71.2 Å². The Morgan fingerprint density at radius 3 is 2.81 bits per heavy atom. The lowest BCUT2D eigenvalue weighted by molar-refractivity contribution is -0.121. The number of aryl methyl sites for hydroxylation is 1. The van der Waals surface area contributed by atoms with Crippen LogP contribution in [-0.4, -0.2) is 52.2 Å². The van der Waals surface area contributed by atoms with E-state index in [-0.39, 0.29) is 12.2 Å². The molecule has 2 aromatic rings. The largest absolute Gasteiger partial charge is 0.465 e. The minimum atomic E-state index is -1.04. The van der Waals surface area contributed by atoms with Crippen molar-refractivity contribution in [2.45, 2.75) is 115 Å². The Bertz CT molecular complexity index is 2030. The van der Waals surface area contributed by atoms with Crippen LogP contribution < -0.4 is 15.2 Å². The van der Waals surface area contributed by atoms with Gasteiger partial charge in [0.05, 0.1) is 23.1 Å². The third kappa shape index (κ3) is 7.06. The van der Waals surface area contributed by atoms with Gasteiger partial charge in [-0.15, -0.1) is 0 Å². The number of hydrogen-bond donors (Lipinski definition) is 3. The van der Waals surface area contributed by atoms with Gasteiger partial charge in [0.1, 0.15) is 24.2 Å². The van der Waals surface area contributed by atoms with Gasteiger partial charge in [-0.2, -0.15) is 0 Å². The number of ether oxygens (including phenoxy) is 2. The summed E-state index contributed by atoms with van der Waals surface area (Å²) in [6.45, 7) is 2.72. The van der Waals surface area contributed by atoms with E-state index in [0.717, 1.165) is 89.6 Å². The van der Waals surface area contributed by atoms with Crippen LogP contribution in [0, 0.1) is 35.2 Å². The fraction of sp³-hybridized carbons (Fsp3) is 0.477. The van der Waals surface area contributed by atoms with E-state index in [4.69, 9.17) is 20.2 Å². The first-order valence-corrected chi connectivity index (χ1v) is 19.3. The Kier molecular flexibility index (Phi) is 10.0. The monoisotopic (exact) mass is 712 g/mol. The van der Waals surface area contributed by atoms with Gasteiger partial charge in [0.2, 0.25) is 0 Å². The van der Waals surface area contributed by atoms with Crippen LogP contribution in [0.5, 0.6) is 11.5 Å². The molecule has 5 atom stereocenters. The third-order valence-electron chi connectivity index (χ3n) is 11.8. The van der Waals surface area contributed by atoms with Crippen LogP contribution in [0.15, 0.2) is 63.4 Å². The normalized spacial score (nSPS) is 24.9. The highest BCUT2D eigenvalue weighted by atomic mass is 16.5. The van der Waals surface area contributed by atoms with Crippen molar-refractivity contribution in [3.63, 3.8) is 0 Å². The molecule has 6 aliphatic rings. The van der Waals surface area contributed by atoms with Crippen LogP contribution in [-0.2, 0) is 24.1 Å². The molecule has 1 aliphatic carbocycles. The number of carbonyl (C=O) groups excluding carboxylic acids is 1. The molecule has 274 valence electrons. The van der Waals surface area contributed by atoms with Gasteiger partial charge in [-0.25, -0.2) is 0 Å². The Balaban J connectivity index is 1.15. The molecule has 1 saturated carbocycles. The Morgan fingerprint density at radius 1 is 1.11 bits per heavy atom. The third-order valence-corrected chi connectivity index (χ3v) is 11.8. The average molecular weight is 713 g/mol. The number of unbranched alkanes of at least 4 members (excludes halogenated alkanes) is 2. The molecular formula is C44H48N4O5. The smallest absolute Gasteiger partial charge is 0.187 e. The maximum atomic E-state index is 12.8. The van der Waals surface area contributed by atoms with E-state index in [9.17, 15) is 15.0 Å². The highest BCUT2D eigenvalue weighted by Gasteiger charge is 2.48. The van der Waals surface area contributed by atoms with Crippen molar-refractivity contribution in [1.29, 1.82) is 0 Å². The molecule has 1 spiro atoms.